The summed E-state index contributed by atoms with van der Waals surface area (Å²) in [6.07, 6.45) is 3.85. The molecule has 0 saturated heterocycles. The quantitative estimate of drug-likeness (QED) is 0.577. The van der Waals surface area contributed by atoms with E-state index in [1.807, 2.05) is 12.2 Å². The summed E-state index contributed by atoms with van der Waals surface area (Å²) in [4.78, 5) is 0. The van der Waals surface area contributed by atoms with Crippen molar-refractivity contribution < 1.29 is 0 Å². The predicted octanol–water partition coefficient (Wildman–Crippen LogP) is 3.58. The molecule has 0 aliphatic carbocycles. The van der Waals surface area contributed by atoms with E-state index in [0.29, 0.717) is 0 Å². The molecule has 0 bridgehead atoms. The van der Waals surface area contributed by atoms with Crippen LogP contribution < -0.4 is 0 Å². The molecule has 0 aromatic heterocycles. The molecule has 1 rings (SSSR count). The van der Waals surface area contributed by atoms with E-state index >= 15 is 0 Å². The molecule has 0 aliphatic rings. The maximum Gasteiger partial charge on any atom is -0.0198 e. The molecular weight excluding hydrogens is 144 g/mol. The Hall–Kier alpha value is -1.30. The number of hydrogen-bond acceptors (Lipinski definition) is 0. The lowest BCUT2D eigenvalue weighted by molar-refractivity contribution is 1.41. The second kappa shape index (κ2) is 3.91. The van der Waals surface area contributed by atoms with Gasteiger partial charge in [-0.3, -0.25) is 0 Å². The van der Waals surface area contributed by atoms with E-state index in [1.54, 1.807) is 0 Å². The molecule has 0 nitrogen and oxygen atoms in total. The Kier molecular flexibility index (Phi) is 2.87. The maximum absolute atomic E-state index is 3.68. The van der Waals surface area contributed by atoms with Gasteiger partial charge in [-0.15, -0.1) is 0 Å². The van der Waals surface area contributed by atoms with E-state index in [4.69, 9.17) is 0 Å². The molecule has 0 amide bonds. The Morgan fingerprint density at radius 1 is 1.33 bits per heavy atom. The highest BCUT2D eigenvalue weighted by molar-refractivity contribution is 5.67. The Morgan fingerprint density at radius 3 is 2.58 bits per heavy atom. The van der Waals surface area contributed by atoms with Crippen LogP contribution in [0.25, 0.3) is 5.57 Å². The highest BCUT2D eigenvalue weighted by Crippen LogP contribution is 2.17. The van der Waals surface area contributed by atoms with Crippen molar-refractivity contribution in [1.82, 2.24) is 0 Å². The summed E-state index contributed by atoms with van der Waals surface area (Å²) >= 11 is 0. The lowest BCUT2D eigenvalue weighted by Gasteiger charge is -2.03. The van der Waals surface area contributed by atoms with Crippen molar-refractivity contribution in [2.75, 3.05) is 0 Å². The van der Waals surface area contributed by atoms with E-state index in [-0.39, 0.29) is 0 Å². The van der Waals surface area contributed by atoms with Gasteiger partial charge in [0.15, 0.2) is 0 Å². The first-order valence-electron chi connectivity index (χ1n) is 4.11. The number of hydrogen-bond donors (Lipinski definition) is 0. The summed E-state index contributed by atoms with van der Waals surface area (Å²) in [6.45, 7) is 7.90. The van der Waals surface area contributed by atoms with Gasteiger partial charge in [0.05, 0.1) is 0 Å². The van der Waals surface area contributed by atoms with E-state index in [9.17, 15) is 0 Å². The van der Waals surface area contributed by atoms with Crippen molar-refractivity contribution in [2.45, 2.75) is 13.8 Å². The van der Waals surface area contributed by atoms with E-state index < -0.39 is 0 Å². The van der Waals surface area contributed by atoms with Crippen LogP contribution in [0.15, 0.2) is 43.0 Å². The van der Waals surface area contributed by atoms with Crippen LogP contribution in [0.2, 0.25) is 0 Å². The van der Waals surface area contributed by atoms with Gasteiger partial charge in [0.1, 0.15) is 0 Å². The monoisotopic (exact) mass is 158 g/mol. The Labute approximate surface area is 74.2 Å². The molecule has 0 spiro atoms. The minimum atomic E-state index is 1.27. The molecular formula is C12H14. The first-order chi connectivity index (χ1) is 5.75. The van der Waals surface area contributed by atoms with E-state index in [0.717, 1.165) is 0 Å². The van der Waals surface area contributed by atoms with Gasteiger partial charge in [0, 0.05) is 0 Å². The number of rotatable bonds is 2. The van der Waals surface area contributed by atoms with Gasteiger partial charge in [-0.05, 0) is 30.5 Å². The van der Waals surface area contributed by atoms with Crippen LogP contribution in [-0.4, -0.2) is 0 Å². The maximum atomic E-state index is 3.68. The molecule has 1 aromatic rings. The van der Waals surface area contributed by atoms with Crippen LogP contribution >= 0.6 is 0 Å². The molecule has 0 N–H and O–H groups in total. The zero-order chi connectivity index (χ0) is 8.97. The van der Waals surface area contributed by atoms with Crippen molar-refractivity contribution in [1.29, 1.82) is 0 Å². The smallest absolute Gasteiger partial charge is 0.0198 e. The summed E-state index contributed by atoms with van der Waals surface area (Å²) in [7, 11) is 0. The Balaban J connectivity index is 3.10. The van der Waals surface area contributed by atoms with Crippen LogP contribution in [0.1, 0.15) is 18.1 Å². The van der Waals surface area contributed by atoms with Gasteiger partial charge in [0.25, 0.3) is 0 Å². The highest BCUT2D eigenvalue weighted by atomic mass is 14.0. The third-order valence-electron chi connectivity index (χ3n) is 1.94. The van der Waals surface area contributed by atoms with E-state index in [2.05, 4.69) is 44.7 Å². The fourth-order valence-electron chi connectivity index (χ4n) is 1.28. The van der Waals surface area contributed by atoms with Crippen molar-refractivity contribution in [3.05, 3.63) is 54.1 Å². The van der Waals surface area contributed by atoms with Gasteiger partial charge in [0.2, 0.25) is 0 Å². The lowest BCUT2D eigenvalue weighted by atomic mass is 10.0. The third kappa shape index (κ3) is 1.85. The molecule has 12 heavy (non-hydrogen) atoms. The van der Waals surface area contributed by atoms with Crippen LogP contribution in [0.4, 0.5) is 0 Å². The van der Waals surface area contributed by atoms with Gasteiger partial charge >= 0.3 is 0 Å². The van der Waals surface area contributed by atoms with Gasteiger partial charge in [-0.2, -0.15) is 0 Å². The average molecular weight is 158 g/mol. The second-order valence-electron chi connectivity index (χ2n) is 2.90. The topological polar surface area (TPSA) is 0 Å². The van der Waals surface area contributed by atoms with Crippen LogP contribution in [0.5, 0.6) is 0 Å². The average Bonchev–Trinajstić information content (AvgIpc) is 2.05. The van der Waals surface area contributed by atoms with Crippen LogP contribution in [-0.2, 0) is 0 Å². The first kappa shape index (κ1) is 8.79. The van der Waals surface area contributed by atoms with Crippen LogP contribution in [0.3, 0.4) is 0 Å². The summed E-state index contributed by atoms with van der Waals surface area (Å²) in [6, 6.07) is 8.36. The standard InChI is InChI=1S/C12H14/c1-4-7-10(2)12-9-6-5-8-11(12)3/h4-9H,1H2,2-3H3. The molecule has 0 heteroatoms. The lowest BCUT2D eigenvalue weighted by Crippen LogP contribution is -1.83. The van der Waals surface area contributed by atoms with Crippen LogP contribution in [0, 0.1) is 6.92 Å². The Morgan fingerprint density at radius 2 is 2.00 bits per heavy atom. The highest BCUT2D eigenvalue weighted by Gasteiger charge is 1.96. The second-order valence-corrected chi connectivity index (χ2v) is 2.90. The number of benzene rings is 1. The molecule has 62 valence electrons. The molecule has 0 atom stereocenters. The minimum absolute atomic E-state index is 1.27. The normalized spacial score (nSPS) is 11.3. The zero-order valence-electron chi connectivity index (χ0n) is 7.67. The summed E-state index contributed by atoms with van der Waals surface area (Å²) in [5.41, 5.74) is 3.88. The molecule has 0 aliphatic heterocycles. The Bertz CT molecular complexity index is 306. The zero-order valence-corrected chi connectivity index (χ0v) is 7.67. The molecule has 0 heterocycles. The van der Waals surface area contributed by atoms with E-state index in [1.165, 1.54) is 16.7 Å². The SMILES string of the molecule is C=CC=C(C)c1ccccc1C. The van der Waals surface area contributed by atoms with Gasteiger partial charge in [-0.25, -0.2) is 0 Å². The molecule has 0 radical (unpaired) electrons. The van der Waals surface area contributed by atoms with Crippen molar-refractivity contribution >= 4 is 5.57 Å². The minimum Gasteiger partial charge on any atom is -0.0991 e. The fraction of sp³-hybridized carbons (Fsp3) is 0.167. The summed E-state index contributed by atoms with van der Waals surface area (Å²) in [5, 5.41) is 0. The third-order valence-corrected chi connectivity index (χ3v) is 1.94. The summed E-state index contributed by atoms with van der Waals surface area (Å²) < 4.78 is 0. The number of allylic oxidation sites excluding steroid dienone is 3. The van der Waals surface area contributed by atoms with Crippen molar-refractivity contribution in [3.8, 4) is 0 Å². The fourth-order valence-corrected chi connectivity index (χ4v) is 1.28. The number of aryl methyl sites for hydroxylation is 1. The predicted molar refractivity (Wildman–Crippen MR) is 55.0 cm³/mol. The van der Waals surface area contributed by atoms with Gasteiger partial charge < -0.3 is 0 Å². The van der Waals surface area contributed by atoms with Crippen molar-refractivity contribution in [3.63, 3.8) is 0 Å². The molecule has 1 aromatic carbocycles. The summed E-state index contributed by atoms with van der Waals surface area (Å²) in [5.74, 6) is 0. The molecule has 0 fully saturated rings. The van der Waals surface area contributed by atoms with Crippen molar-refractivity contribution in [2.24, 2.45) is 0 Å². The largest absolute Gasteiger partial charge is 0.0991 e. The first-order valence-corrected chi connectivity index (χ1v) is 4.11. The van der Waals surface area contributed by atoms with Gasteiger partial charge in [-0.1, -0.05) is 43.0 Å². The molecule has 0 saturated carbocycles. The molecule has 0 unspecified atom stereocenters.